The van der Waals surface area contributed by atoms with E-state index in [1.807, 2.05) is 14.1 Å². The van der Waals surface area contributed by atoms with Crippen molar-refractivity contribution >= 4 is 11.8 Å². The van der Waals surface area contributed by atoms with Gasteiger partial charge in [0.1, 0.15) is 5.82 Å². The molecule has 1 aromatic rings. The Bertz CT molecular complexity index is 387. The number of carboxylic acid groups (broad SMARTS) is 1. The summed E-state index contributed by atoms with van der Waals surface area (Å²) in [6, 6.07) is 0. The van der Waals surface area contributed by atoms with Gasteiger partial charge in [0.05, 0.1) is 12.4 Å². The Morgan fingerprint density at radius 1 is 1.41 bits per heavy atom. The molecule has 0 saturated heterocycles. The Labute approximate surface area is 101 Å². The van der Waals surface area contributed by atoms with Crippen molar-refractivity contribution in [3.63, 3.8) is 0 Å². The van der Waals surface area contributed by atoms with E-state index in [9.17, 15) is 4.79 Å². The highest BCUT2D eigenvalue weighted by atomic mass is 16.4. The molecule has 0 atom stereocenters. The molecule has 0 bridgehead atoms. The van der Waals surface area contributed by atoms with Gasteiger partial charge >= 0.3 is 5.97 Å². The SMILES string of the molecule is CN(C)C(C)(C)CNc1cnc(C(=O)O)cn1. The van der Waals surface area contributed by atoms with Crippen LogP contribution in [0.3, 0.4) is 0 Å². The lowest BCUT2D eigenvalue weighted by Crippen LogP contribution is -2.44. The highest BCUT2D eigenvalue weighted by Crippen LogP contribution is 2.11. The van der Waals surface area contributed by atoms with Crippen LogP contribution < -0.4 is 5.32 Å². The molecule has 0 aromatic carbocycles. The molecule has 0 unspecified atom stereocenters. The molecule has 0 aliphatic rings. The molecule has 0 saturated carbocycles. The molecule has 0 radical (unpaired) electrons. The first-order chi connectivity index (χ1) is 7.83. The zero-order valence-corrected chi connectivity index (χ0v) is 10.6. The molecule has 6 nitrogen and oxygen atoms in total. The van der Waals surface area contributed by atoms with E-state index in [0.717, 1.165) is 0 Å². The maximum absolute atomic E-state index is 10.6. The molecule has 17 heavy (non-hydrogen) atoms. The maximum atomic E-state index is 10.6. The second-order valence-electron chi connectivity index (χ2n) is 4.65. The molecule has 1 rings (SSSR count). The highest BCUT2D eigenvalue weighted by molar-refractivity contribution is 5.84. The number of nitrogens with zero attached hydrogens (tertiary/aromatic N) is 3. The summed E-state index contributed by atoms with van der Waals surface area (Å²) in [6.07, 6.45) is 2.67. The van der Waals surface area contributed by atoms with Gasteiger partial charge in [0, 0.05) is 12.1 Å². The molecule has 6 heteroatoms. The van der Waals surface area contributed by atoms with E-state index in [1.165, 1.54) is 12.4 Å². The summed E-state index contributed by atoms with van der Waals surface area (Å²) in [5.74, 6) is -0.498. The fraction of sp³-hybridized carbons (Fsp3) is 0.545. The van der Waals surface area contributed by atoms with Gasteiger partial charge in [-0.15, -0.1) is 0 Å². The number of likely N-dealkylation sites (N-methyl/N-ethyl adjacent to an activating group) is 1. The Morgan fingerprint density at radius 3 is 2.47 bits per heavy atom. The van der Waals surface area contributed by atoms with Crippen molar-refractivity contribution in [1.29, 1.82) is 0 Å². The van der Waals surface area contributed by atoms with Crippen LogP contribution in [-0.4, -0.2) is 52.1 Å². The summed E-state index contributed by atoms with van der Waals surface area (Å²) in [5, 5.41) is 11.8. The van der Waals surface area contributed by atoms with Gasteiger partial charge in [0.2, 0.25) is 0 Å². The number of aromatic carboxylic acids is 1. The Balaban J connectivity index is 2.62. The first-order valence-electron chi connectivity index (χ1n) is 5.29. The molecule has 1 heterocycles. The molecule has 0 fully saturated rings. The normalized spacial score (nSPS) is 11.6. The number of hydrogen-bond donors (Lipinski definition) is 2. The van der Waals surface area contributed by atoms with Crippen LogP contribution in [0, 0.1) is 0 Å². The summed E-state index contributed by atoms with van der Waals surface area (Å²) in [5.41, 5.74) is -0.0740. The zero-order chi connectivity index (χ0) is 13.1. The van der Waals surface area contributed by atoms with Gasteiger partial charge in [-0.1, -0.05) is 0 Å². The fourth-order valence-electron chi connectivity index (χ4n) is 0.995. The van der Waals surface area contributed by atoms with E-state index in [4.69, 9.17) is 5.11 Å². The Kier molecular flexibility index (Phi) is 4.01. The monoisotopic (exact) mass is 238 g/mol. The van der Waals surface area contributed by atoms with Gasteiger partial charge in [0.25, 0.3) is 0 Å². The third-order valence-corrected chi connectivity index (χ3v) is 2.78. The van der Waals surface area contributed by atoms with E-state index in [1.54, 1.807) is 0 Å². The van der Waals surface area contributed by atoms with E-state index in [2.05, 4.69) is 34.0 Å². The molecular weight excluding hydrogens is 220 g/mol. The largest absolute Gasteiger partial charge is 0.476 e. The predicted molar refractivity (Wildman–Crippen MR) is 65.2 cm³/mol. The Hall–Kier alpha value is -1.69. The van der Waals surface area contributed by atoms with Gasteiger partial charge in [-0.3, -0.25) is 0 Å². The zero-order valence-electron chi connectivity index (χ0n) is 10.6. The summed E-state index contributed by atoms with van der Waals surface area (Å²) in [7, 11) is 4.00. The van der Waals surface area contributed by atoms with Gasteiger partial charge in [-0.25, -0.2) is 14.8 Å². The summed E-state index contributed by atoms with van der Waals surface area (Å²) < 4.78 is 0. The quantitative estimate of drug-likeness (QED) is 0.794. The van der Waals surface area contributed by atoms with Crippen molar-refractivity contribution in [2.75, 3.05) is 26.0 Å². The number of carboxylic acids is 1. The summed E-state index contributed by atoms with van der Waals surface area (Å²) in [4.78, 5) is 20.5. The lowest BCUT2D eigenvalue weighted by atomic mass is 10.0. The predicted octanol–water partition coefficient (Wildman–Crippen LogP) is 0.927. The molecule has 1 aromatic heterocycles. The van der Waals surface area contributed by atoms with Crippen LogP contribution in [0.15, 0.2) is 12.4 Å². The molecular formula is C11H18N4O2. The van der Waals surface area contributed by atoms with Crippen molar-refractivity contribution in [3.8, 4) is 0 Å². The molecule has 0 amide bonds. The molecule has 0 aliphatic heterocycles. The van der Waals surface area contributed by atoms with Crippen LogP contribution in [0.5, 0.6) is 0 Å². The van der Waals surface area contributed by atoms with Crippen LogP contribution in [0.1, 0.15) is 24.3 Å². The fourth-order valence-corrected chi connectivity index (χ4v) is 0.995. The maximum Gasteiger partial charge on any atom is 0.356 e. The van der Waals surface area contributed by atoms with Gasteiger partial charge < -0.3 is 15.3 Å². The van der Waals surface area contributed by atoms with Gasteiger partial charge in [-0.05, 0) is 27.9 Å². The smallest absolute Gasteiger partial charge is 0.356 e. The minimum Gasteiger partial charge on any atom is -0.476 e. The number of rotatable bonds is 5. The van der Waals surface area contributed by atoms with Crippen LogP contribution in [-0.2, 0) is 0 Å². The van der Waals surface area contributed by atoms with E-state index in [-0.39, 0.29) is 11.2 Å². The minimum absolute atomic E-state index is 0.0207. The van der Waals surface area contributed by atoms with Crippen molar-refractivity contribution in [3.05, 3.63) is 18.1 Å². The summed E-state index contributed by atoms with van der Waals surface area (Å²) in [6.45, 7) is 4.89. The number of anilines is 1. The first-order valence-corrected chi connectivity index (χ1v) is 5.29. The van der Waals surface area contributed by atoms with Crippen LogP contribution >= 0.6 is 0 Å². The average Bonchev–Trinajstić information content (AvgIpc) is 2.27. The number of hydrogen-bond acceptors (Lipinski definition) is 5. The van der Waals surface area contributed by atoms with Crippen molar-refractivity contribution in [2.45, 2.75) is 19.4 Å². The van der Waals surface area contributed by atoms with Crippen molar-refractivity contribution in [1.82, 2.24) is 14.9 Å². The lowest BCUT2D eigenvalue weighted by Gasteiger charge is -2.32. The second-order valence-corrected chi connectivity index (χ2v) is 4.65. The van der Waals surface area contributed by atoms with Gasteiger partial charge in [0.15, 0.2) is 5.69 Å². The van der Waals surface area contributed by atoms with E-state index < -0.39 is 5.97 Å². The molecule has 0 spiro atoms. The number of nitrogens with one attached hydrogen (secondary N) is 1. The van der Waals surface area contributed by atoms with Crippen molar-refractivity contribution < 1.29 is 9.90 Å². The lowest BCUT2D eigenvalue weighted by molar-refractivity contribution is 0.0690. The second kappa shape index (κ2) is 5.09. The van der Waals surface area contributed by atoms with Crippen LogP contribution in [0.25, 0.3) is 0 Å². The van der Waals surface area contributed by atoms with E-state index >= 15 is 0 Å². The first kappa shape index (κ1) is 13.4. The van der Waals surface area contributed by atoms with Crippen LogP contribution in [0.4, 0.5) is 5.82 Å². The number of carbonyl (C=O) groups is 1. The number of aromatic nitrogens is 2. The van der Waals surface area contributed by atoms with Gasteiger partial charge in [-0.2, -0.15) is 0 Å². The van der Waals surface area contributed by atoms with E-state index in [0.29, 0.717) is 12.4 Å². The molecule has 94 valence electrons. The standard InChI is InChI=1S/C11H18N4O2/c1-11(2,15(3)4)7-14-9-6-12-8(5-13-9)10(16)17/h5-6H,7H2,1-4H3,(H,13,14)(H,16,17). The summed E-state index contributed by atoms with van der Waals surface area (Å²) >= 11 is 0. The Morgan fingerprint density at radius 2 is 2.06 bits per heavy atom. The van der Waals surface area contributed by atoms with Crippen LogP contribution in [0.2, 0.25) is 0 Å². The minimum atomic E-state index is -1.07. The topological polar surface area (TPSA) is 78.4 Å². The van der Waals surface area contributed by atoms with Crippen molar-refractivity contribution in [2.24, 2.45) is 0 Å². The molecule has 0 aliphatic carbocycles. The highest BCUT2D eigenvalue weighted by Gasteiger charge is 2.20. The third-order valence-electron chi connectivity index (χ3n) is 2.78. The molecule has 2 N–H and O–H groups in total. The average molecular weight is 238 g/mol. The third kappa shape index (κ3) is 3.67.